The lowest BCUT2D eigenvalue weighted by atomic mass is 9.92. The van der Waals surface area contributed by atoms with E-state index in [0.717, 1.165) is 78.3 Å². The first-order valence-electron chi connectivity index (χ1n) is 23.8. The van der Waals surface area contributed by atoms with Crippen LogP contribution >= 0.6 is 0 Å². The van der Waals surface area contributed by atoms with Crippen molar-refractivity contribution in [1.29, 1.82) is 0 Å². The Balaban J connectivity index is 1.01. The molecule has 0 fully saturated rings. The van der Waals surface area contributed by atoms with Gasteiger partial charge in [0.25, 0.3) is 0 Å². The molecule has 2 heteroatoms. The third kappa shape index (κ3) is 9.32. The van der Waals surface area contributed by atoms with Crippen LogP contribution in [0, 0.1) is 0 Å². The number of rotatable bonds is 12. The molecule has 0 saturated heterocycles. The molecule has 11 aromatic carbocycles. The van der Waals surface area contributed by atoms with Crippen LogP contribution in [0.1, 0.15) is 55.6 Å². The van der Waals surface area contributed by atoms with Crippen LogP contribution in [-0.2, 0) is 0 Å². The Morgan fingerprint density at radius 1 is 0.257 bits per heavy atom. The van der Waals surface area contributed by atoms with Gasteiger partial charge in [-0.2, -0.15) is 0 Å². The summed E-state index contributed by atoms with van der Waals surface area (Å²) in [7, 11) is 3.42. The Labute approximate surface area is 410 Å². The van der Waals surface area contributed by atoms with Crippen LogP contribution in [-0.4, -0.2) is 14.2 Å². The molecule has 0 aliphatic heterocycles. The van der Waals surface area contributed by atoms with Crippen LogP contribution in [0.4, 0.5) is 0 Å². The van der Waals surface area contributed by atoms with Gasteiger partial charge in [0.15, 0.2) is 0 Å². The second kappa shape index (κ2) is 19.7. The third-order valence-corrected chi connectivity index (χ3v) is 13.3. The summed E-state index contributed by atoms with van der Waals surface area (Å²) >= 11 is 0. The van der Waals surface area contributed by atoms with E-state index >= 15 is 0 Å². The number of ether oxygens (including phenoxy) is 2. The summed E-state index contributed by atoms with van der Waals surface area (Å²) in [5.74, 6) is 1.66. The van der Waals surface area contributed by atoms with Crippen molar-refractivity contribution < 1.29 is 9.47 Å². The molecule has 0 radical (unpaired) electrons. The maximum absolute atomic E-state index is 5.56. The standard InChI is InChI=1S/C68H50O2/c1-69-65-35-31-51(32-36-65)67(61-29-25-47-13-3-7-17-53(47)39-61)45-57-21-9-5-15-49(57)23-27-59-43-63-41-55-19-11-12-20-56(55)42-64(63)44-60(59)28-24-50-16-6-10-22-58(50)46-68(52-33-37-66(70-2)38-34-52)62-30-26-48-14-4-8-18-54(48)40-62/h3-46H,1-2H3. The Kier molecular flexibility index (Phi) is 12.3. The van der Waals surface area contributed by atoms with E-state index in [9.17, 15) is 0 Å². The average Bonchev–Trinajstić information content (AvgIpc) is 3.42. The van der Waals surface area contributed by atoms with Gasteiger partial charge in [0.2, 0.25) is 0 Å². The van der Waals surface area contributed by atoms with Gasteiger partial charge in [-0.25, -0.2) is 0 Å². The fourth-order valence-corrected chi connectivity index (χ4v) is 9.50. The van der Waals surface area contributed by atoms with Gasteiger partial charge in [-0.3, -0.25) is 0 Å². The van der Waals surface area contributed by atoms with E-state index in [-0.39, 0.29) is 0 Å². The molecule has 0 aliphatic carbocycles. The highest BCUT2D eigenvalue weighted by Crippen LogP contribution is 2.35. The second-order valence-electron chi connectivity index (χ2n) is 17.6. The maximum atomic E-state index is 5.56. The first kappa shape index (κ1) is 43.6. The highest BCUT2D eigenvalue weighted by molar-refractivity contribution is 6.02. The van der Waals surface area contributed by atoms with Crippen molar-refractivity contribution in [1.82, 2.24) is 0 Å². The van der Waals surface area contributed by atoms with Gasteiger partial charge in [-0.1, -0.05) is 194 Å². The highest BCUT2D eigenvalue weighted by atomic mass is 16.5. The van der Waals surface area contributed by atoms with E-state index in [1.54, 1.807) is 14.2 Å². The number of benzene rings is 11. The Bertz CT molecular complexity index is 3580. The molecule has 11 aromatic rings. The van der Waals surface area contributed by atoms with E-state index < -0.39 is 0 Å². The van der Waals surface area contributed by atoms with Crippen LogP contribution in [0.3, 0.4) is 0 Å². The molecular weight excluding hydrogens is 849 g/mol. The van der Waals surface area contributed by atoms with Crippen LogP contribution in [0.15, 0.2) is 231 Å². The maximum Gasteiger partial charge on any atom is 0.118 e. The predicted octanol–water partition coefficient (Wildman–Crippen LogP) is 17.8. The van der Waals surface area contributed by atoms with Gasteiger partial charge in [0.05, 0.1) is 14.2 Å². The lowest BCUT2D eigenvalue weighted by Gasteiger charge is -2.13. The largest absolute Gasteiger partial charge is 0.497 e. The van der Waals surface area contributed by atoms with Crippen LogP contribution < -0.4 is 9.47 Å². The summed E-state index contributed by atoms with van der Waals surface area (Å²) in [5.41, 5.74) is 13.6. The van der Waals surface area contributed by atoms with Crippen molar-refractivity contribution in [3.05, 3.63) is 286 Å². The summed E-state index contributed by atoms with van der Waals surface area (Å²) in [5, 5.41) is 9.70. The van der Waals surface area contributed by atoms with Gasteiger partial charge in [-0.15, -0.1) is 0 Å². The van der Waals surface area contributed by atoms with E-state index in [4.69, 9.17) is 9.47 Å². The van der Waals surface area contributed by atoms with Crippen molar-refractivity contribution in [3.63, 3.8) is 0 Å². The van der Waals surface area contributed by atoms with Gasteiger partial charge >= 0.3 is 0 Å². The highest BCUT2D eigenvalue weighted by Gasteiger charge is 2.12. The molecule has 0 aromatic heterocycles. The van der Waals surface area contributed by atoms with Gasteiger partial charge < -0.3 is 9.47 Å². The fourth-order valence-electron chi connectivity index (χ4n) is 9.50. The summed E-state index contributed by atoms with van der Waals surface area (Å²) in [4.78, 5) is 0. The minimum Gasteiger partial charge on any atom is -0.497 e. The SMILES string of the molecule is COc1ccc(C(=Cc2ccccc2C=Cc2cc3cc4ccccc4cc3cc2C=Cc2ccccc2C=C(c2ccc(OC)cc2)c2ccc3ccccc3c2)c2ccc3ccccc3c2)cc1. The number of fused-ring (bicyclic) bond motifs is 4. The van der Waals surface area contributed by atoms with E-state index in [1.807, 2.05) is 24.3 Å². The van der Waals surface area contributed by atoms with E-state index in [2.05, 4.69) is 243 Å². The summed E-state index contributed by atoms with van der Waals surface area (Å²) in [6.07, 6.45) is 13.7. The van der Waals surface area contributed by atoms with Gasteiger partial charge in [0.1, 0.15) is 11.5 Å². The third-order valence-electron chi connectivity index (χ3n) is 13.3. The fraction of sp³-hybridized carbons (Fsp3) is 0.0294. The molecule has 11 rings (SSSR count). The van der Waals surface area contributed by atoms with Crippen molar-refractivity contribution in [2.45, 2.75) is 0 Å². The minimum atomic E-state index is 0.831. The molecular formula is C68H50O2. The number of hydrogen-bond donors (Lipinski definition) is 0. The molecule has 0 unspecified atom stereocenters. The molecule has 0 spiro atoms. The monoisotopic (exact) mass is 898 g/mol. The topological polar surface area (TPSA) is 18.5 Å². The minimum absolute atomic E-state index is 0.831. The normalized spacial score (nSPS) is 12.2. The summed E-state index contributed by atoms with van der Waals surface area (Å²) < 4.78 is 11.1. The predicted molar refractivity (Wildman–Crippen MR) is 300 cm³/mol. The zero-order chi connectivity index (χ0) is 47.2. The molecule has 0 aliphatic rings. The molecule has 0 bridgehead atoms. The lowest BCUT2D eigenvalue weighted by Crippen LogP contribution is -1.91. The van der Waals surface area contributed by atoms with Crippen LogP contribution in [0.2, 0.25) is 0 Å². The molecule has 0 atom stereocenters. The first-order valence-corrected chi connectivity index (χ1v) is 23.8. The zero-order valence-corrected chi connectivity index (χ0v) is 39.2. The van der Waals surface area contributed by atoms with Crippen molar-refractivity contribution in [2.75, 3.05) is 14.2 Å². The van der Waals surface area contributed by atoms with Crippen LogP contribution in [0.25, 0.3) is 90.7 Å². The number of hydrogen-bond acceptors (Lipinski definition) is 2. The molecule has 0 amide bonds. The zero-order valence-electron chi connectivity index (χ0n) is 39.2. The lowest BCUT2D eigenvalue weighted by molar-refractivity contribution is 0.414. The van der Waals surface area contributed by atoms with Crippen molar-refractivity contribution >= 4 is 90.7 Å². The molecule has 0 saturated carbocycles. The Hall–Kier alpha value is -8.98. The van der Waals surface area contributed by atoms with E-state index in [1.165, 1.54) is 43.1 Å². The van der Waals surface area contributed by atoms with Gasteiger partial charge in [0, 0.05) is 0 Å². The van der Waals surface area contributed by atoms with Crippen LogP contribution in [0.5, 0.6) is 11.5 Å². The Morgan fingerprint density at radius 2 is 0.571 bits per heavy atom. The van der Waals surface area contributed by atoms with Crippen molar-refractivity contribution in [2.24, 2.45) is 0 Å². The van der Waals surface area contributed by atoms with E-state index in [0.29, 0.717) is 0 Å². The summed E-state index contributed by atoms with van der Waals surface area (Å²) in [6, 6.07) is 82.5. The first-order chi connectivity index (χ1) is 34.5. The smallest absolute Gasteiger partial charge is 0.118 e. The molecule has 70 heavy (non-hydrogen) atoms. The van der Waals surface area contributed by atoms with Gasteiger partial charge in [-0.05, 0) is 183 Å². The quantitative estimate of drug-likeness (QED) is 0.0898. The Morgan fingerprint density at radius 3 is 0.957 bits per heavy atom. The molecule has 334 valence electrons. The average molecular weight is 899 g/mol. The van der Waals surface area contributed by atoms with Crippen molar-refractivity contribution in [3.8, 4) is 11.5 Å². The number of methoxy groups -OCH3 is 2. The molecule has 0 N–H and O–H groups in total. The molecule has 2 nitrogen and oxygen atoms in total. The second-order valence-corrected chi connectivity index (χ2v) is 17.6. The molecule has 0 heterocycles. The summed E-state index contributed by atoms with van der Waals surface area (Å²) in [6.45, 7) is 0.